The molecule has 0 aromatic heterocycles. The minimum absolute atomic E-state index is 0.0757. The minimum Gasteiger partial charge on any atom is -0.481 e. The molecular weight excluding hydrogens is 274 g/mol. The monoisotopic (exact) mass is 303 g/mol. The highest BCUT2D eigenvalue weighted by molar-refractivity contribution is 5.81. The lowest BCUT2D eigenvalue weighted by Crippen LogP contribution is -2.42. The predicted octanol–water partition coefficient (Wildman–Crippen LogP) is 4.15. The molecule has 1 aliphatic carbocycles. The molecule has 22 heavy (non-hydrogen) atoms. The summed E-state index contributed by atoms with van der Waals surface area (Å²) in [4.78, 5) is 14.3. The number of ether oxygens (including phenoxy) is 1. The highest BCUT2D eigenvalue weighted by atomic mass is 16.5. The van der Waals surface area contributed by atoms with Crippen molar-refractivity contribution in [2.75, 3.05) is 7.05 Å². The molecule has 3 nitrogen and oxygen atoms in total. The molecule has 1 aliphatic rings. The van der Waals surface area contributed by atoms with E-state index in [2.05, 4.69) is 32.9 Å². The van der Waals surface area contributed by atoms with Crippen molar-refractivity contribution in [1.82, 2.24) is 4.90 Å². The van der Waals surface area contributed by atoms with E-state index in [9.17, 15) is 4.79 Å². The predicted molar refractivity (Wildman–Crippen MR) is 90.3 cm³/mol. The number of nitrogens with zero attached hydrogens (tertiary/aromatic N) is 1. The Morgan fingerprint density at radius 3 is 2.23 bits per heavy atom. The third-order valence-electron chi connectivity index (χ3n) is 4.60. The topological polar surface area (TPSA) is 29.5 Å². The molecule has 1 atom stereocenters. The number of amides is 1. The molecule has 3 heteroatoms. The summed E-state index contributed by atoms with van der Waals surface area (Å²) in [6, 6.07) is 8.46. The number of benzene rings is 1. The van der Waals surface area contributed by atoms with Crippen LogP contribution in [0.5, 0.6) is 5.75 Å². The lowest BCUT2D eigenvalue weighted by atomic mass is 9.87. The standard InChI is InChI=1S/C19H29NO2/c1-14(18(21)20(5)16-8-6-7-9-16)22-17-12-10-15(11-13-17)19(2,3)4/h10-14,16H,6-9H2,1-5H3/t14-/m1/s1. The SMILES string of the molecule is C[C@@H](Oc1ccc(C(C)(C)C)cc1)C(=O)N(C)C1CCCC1. The highest BCUT2D eigenvalue weighted by Crippen LogP contribution is 2.26. The number of rotatable bonds is 4. The van der Waals surface area contributed by atoms with E-state index in [4.69, 9.17) is 4.74 Å². The van der Waals surface area contributed by atoms with Crippen LogP contribution in [0, 0.1) is 0 Å². The Hall–Kier alpha value is -1.51. The maximum absolute atomic E-state index is 12.5. The summed E-state index contributed by atoms with van der Waals surface area (Å²) in [5.41, 5.74) is 1.39. The Bertz CT molecular complexity index is 495. The lowest BCUT2D eigenvalue weighted by Gasteiger charge is -2.27. The van der Waals surface area contributed by atoms with Crippen molar-refractivity contribution < 1.29 is 9.53 Å². The first-order valence-electron chi connectivity index (χ1n) is 8.33. The van der Waals surface area contributed by atoms with Gasteiger partial charge in [-0.2, -0.15) is 0 Å². The summed E-state index contributed by atoms with van der Waals surface area (Å²) in [5.74, 6) is 0.834. The number of hydrogen-bond acceptors (Lipinski definition) is 2. The lowest BCUT2D eigenvalue weighted by molar-refractivity contribution is -0.138. The molecule has 0 saturated heterocycles. The third-order valence-corrected chi connectivity index (χ3v) is 4.60. The van der Waals surface area contributed by atoms with Crippen LogP contribution < -0.4 is 4.74 Å². The smallest absolute Gasteiger partial charge is 0.263 e. The van der Waals surface area contributed by atoms with Gasteiger partial charge in [-0.3, -0.25) is 4.79 Å². The molecule has 0 unspecified atom stereocenters. The minimum atomic E-state index is -0.439. The Balaban J connectivity index is 1.96. The molecule has 0 spiro atoms. The van der Waals surface area contributed by atoms with Crippen molar-refractivity contribution in [1.29, 1.82) is 0 Å². The zero-order chi connectivity index (χ0) is 16.3. The number of hydrogen-bond donors (Lipinski definition) is 0. The highest BCUT2D eigenvalue weighted by Gasteiger charge is 2.27. The maximum atomic E-state index is 12.5. The van der Waals surface area contributed by atoms with Crippen molar-refractivity contribution >= 4 is 5.91 Å². The normalized spacial score (nSPS) is 17.3. The molecule has 1 saturated carbocycles. The molecular formula is C19H29NO2. The summed E-state index contributed by atoms with van der Waals surface area (Å²) in [6.45, 7) is 8.40. The van der Waals surface area contributed by atoms with Crippen molar-refractivity contribution in [2.24, 2.45) is 0 Å². The summed E-state index contributed by atoms with van der Waals surface area (Å²) in [7, 11) is 1.90. The van der Waals surface area contributed by atoms with E-state index in [1.54, 1.807) is 0 Å². The molecule has 1 aromatic carbocycles. The Kier molecular flexibility index (Phi) is 5.15. The van der Waals surface area contributed by atoms with E-state index in [1.165, 1.54) is 18.4 Å². The fourth-order valence-corrected chi connectivity index (χ4v) is 3.05. The molecule has 0 radical (unpaired) electrons. The summed E-state index contributed by atoms with van der Waals surface area (Å²) in [5, 5.41) is 0. The van der Waals surface area contributed by atoms with E-state index in [0.717, 1.165) is 18.6 Å². The van der Waals surface area contributed by atoms with E-state index in [-0.39, 0.29) is 11.3 Å². The van der Waals surface area contributed by atoms with Crippen molar-refractivity contribution in [2.45, 2.75) is 70.9 Å². The molecule has 0 N–H and O–H groups in total. The van der Waals surface area contributed by atoms with Crippen molar-refractivity contribution in [3.63, 3.8) is 0 Å². The number of carbonyl (C=O) groups excluding carboxylic acids is 1. The number of carbonyl (C=O) groups is 1. The molecule has 2 rings (SSSR count). The van der Waals surface area contributed by atoms with E-state index < -0.39 is 6.10 Å². The first-order valence-corrected chi connectivity index (χ1v) is 8.33. The fourth-order valence-electron chi connectivity index (χ4n) is 3.05. The second kappa shape index (κ2) is 6.72. The van der Waals surface area contributed by atoms with Crippen molar-refractivity contribution in [3.8, 4) is 5.75 Å². The maximum Gasteiger partial charge on any atom is 0.263 e. The molecule has 0 aliphatic heterocycles. The number of likely N-dealkylation sites (N-methyl/N-ethyl adjacent to an activating group) is 1. The van der Waals surface area contributed by atoms with Crippen LogP contribution in [0.1, 0.15) is 58.9 Å². The molecule has 1 fully saturated rings. The van der Waals surface area contributed by atoms with Crippen LogP contribution in [0.25, 0.3) is 0 Å². The Morgan fingerprint density at radius 1 is 1.18 bits per heavy atom. The molecule has 1 aromatic rings. The molecule has 0 bridgehead atoms. The quantitative estimate of drug-likeness (QED) is 0.836. The van der Waals surface area contributed by atoms with Crippen LogP contribution in [0.15, 0.2) is 24.3 Å². The van der Waals surface area contributed by atoms with Crippen LogP contribution >= 0.6 is 0 Å². The average Bonchev–Trinajstić information content (AvgIpc) is 2.99. The summed E-state index contributed by atoms with van der Waals surface area (Å²) >= 11 is 0. The van der Waals surface area contributed by atoms with Gasteiger partial charge in [0.25, 0.3) is 5.91 Å². The van der Waals surface area contributed by atoms with Gasteiger partial charge in [-0.1, -0.05) is 45.7 Å². The van der Waals surface area contributed by atoms with Gasteiger partial charge in [0.1, 0.15) is 5.75 Å². The Morgan fingerprint density at radius 2 is 1.73 bits per heavy atom. The Labute approximate surface area is 134 Å². The molecule has 1 amide bonds. The first kappa shape index (κ1) is 16.9. The zero-order valence-electron chi connectivity index (χ0n) is 14.6. The van der Waals surface area contributed by atoms with E-state index in [1.807, 2.05) is 31.0 Å². The van der Waals surface area contributed by atoms with Gasteiger partial charge in [-0.25, -0.2) is 0 Å². The average molecular weight is 303 g/mol. The van der Waals surface area contributed by atoms with Gasteiger partial charge in [-0.15, -0.1) is 0 Å². The van der Waals surface area contributed by atoms with Gasteiger partial charge in [0.15, 0.2) is 6.10 Å². The van der Waals surface area contributed by atoms with Gasteiger partial charge in [0.05, 0.1) is 0 Å². The van der Waals surface area contributed by atoms with Crippen LogP contribution in [0.2, 0.25) is 0 Å². The largest absolute Gasteiger partial charge is 0.481 e. The van der Waals surface area contributed by atoms with Crippen molar-refractivity contribution in [3.05, 3.63) is 29.8 Å². The van der Waals surface area contributed by atoms with Crippen LogP contribution in [-0.2, 0) is 10.2 Å². The van der Waals surface area contributed by atoms with E-state index >= 15 is 0 Å². The second-order valence-electron chi connectivity index (χ2n) is 7.42. The van der Waals surface area contributed by atoms with Crippen LogP contribution in [-0.4, -0.2) is 30.0 Å². The zero-order valence-corrected chi connectivity index (χ0v) is 14.6. The first-order chi connectivity index (χ1) is 10.3. The van der Waals surface area contributed by atoms with Gasteiger partial charge >= 0.3 is 0 Å². The van der Waals surface area contributed by atoms with E-state index in [0.29, 0.717) is 6.04 Å². The second-order valence-corrected chi connectivity index (χ2v) is 7.42. The van der Waals surface area contributed by atoms with Crippen LogP contribution in [0.3, 0.4) is 0 Å². The third kappa shape index (κ3) is 4.02. The summed E-state index contributed by atoms with van der Waals surface area (Å²) < 4.78 is 5.83. The fraction of sp³-hybridized carbons (Fsp3) is 0.632. The molecule has 122 valence electrons. The van der Waals surface area contributed by atoms with Gasteiger partial charge in [-0.05, 0) is 42.9 Å². The summed E-state index contributed by atoms with van der Waals surface area (Å²) in [6.07, 6.45) is 4.26. The van der Waals surface area contributed by atoms with Gasteiger partial charge in [0, 0.05) is 13.1 Å². The van der Waals surface area contributed by atoms with Gasteiger partial charge in [0.2, 0.25) is 0 Å². The van der Waals surface area contributed by atoms with Gasteiger partial charge < -0.3 is 9.64 Å². The van der Waals surface area contributed by atoms with Crippen LogP contribution in [0.4, 0.5) is 0 Å². The molecule has 0 heterocycles.